The van der Waals surface area contributed by atoms with Crippen LogP contribution in [0.1, 0.15) is 23.3 Å². The number of nitrogens with zero attached hydrogens (tertiary/aromatic N) is 1. The fourth-order valence-electron chi connectivity index (χ4n) is 3.13. The second-order valence-electron chi connectivity index (χ2n) is 6.61. The Balaban J connectivity index is 1.99. The molecule has 0 bridgehead atoms. The average Bonchev–Trinajstić information content (AvgIpc) is 3.02. The minimum atomic E-state index is -4.95. The normalized spacial score (nSPS) is 11.6. The van der Waals surface area contributed by atoms with Crippen molar-refractivity contribution in [1.82, 2.24) is 4.90 Å². The van der Waals surface area contributed by atoms with Gasteiger partial charge in [-0.2, -0.15) is 13.2 Å². The van der Waals surface area contributed by atoms with Crippen molar-refractivity contribution in [3.8, 4) is 0 Å². The van der Waals surface area contributed by atoms with Gasteiger partial charge >= 0.3 is 12.1 Å². The SMILES string of the molecule is C=CCCN(Cc1oc2ccccc2c1Cc1ccc(Cl)cc1)C(=O)C(F)(F)F. The first-order valence-corrected chi connectivity index (χ1v) is 9.38. The van der Waals surface area contributed by atoms with Crippen molar-refractivity contribution in [1.29, 1.82) is 0 Å². The number of hydrogen-bond acceptors (Lipinski definition) is 2. The summed E-state index contributed by atoms with van der Waals surface area (Å²) in [4.78, 5) is 12.7. The number of amides is 1. The molecule has 0 aliphatic heterocycles. The van der Waals surface area contributed by atoms with Crippen molar-refractivity contribution in [2.45, 2.75) is 25.6 Å². The van der Waals surface area contributed by atoms with Crippen molar-refractivity contribution in [2.24, 2.45) is 0 Å². The van der Waals surface area contributed by atoms with Crippen LogP contribution in [0.5, 0.6) is 0 Å². The number of benzene rings is 2. The predicted molar refractivity (Wildman–Crippen MR) is 107 cm³/mol. The molecular formula is C22H19ClF3NO2. The highest BCUT2D eigenvalue weighted by Crippen LogP contribution is 2.30. The maximum atomic E-state index is 13.1. The average molecular weight is 422 g/mol. The van der Waals surface area contributed by atoms with Gasteiger partial charge in [-0.05, 0) is 30.2 Å². The summed E-state index contributed by atoms with van der Waals surface area (Å²) in [5, 5.41) is 1.40. The Hall–Kier alpha value is -2.73. The number of halogens is 4. The van der Waals surface area contributed by atoms with E-state index in [1.165, 1.54) is 6.08 Å². The topological polar surface area (TPSA) is 33.5 Å². The Morgan fingerprint density at radius 2 is 1.83 bits per heavy atom. The van der Waals surface area contributed by atoms with Crippen molar-refractivity contribution in [3.63, 3.8) is 0 Å². The lowest BCUT2D eigenvalue weighted by atomic mass is 10.0. The van der Waals surface area contributed by atoms with Gasteiger partial charge in [0.15, 0.2) is 0 Å². The van der Waals surface area contributed by atoms with Gasteiger partial charge < -0.3 is 9.32 Å². The zero-order valence-electron chi connectivity index (χ0n) is 15.5. The molecule has 2 aromatic carbocycles. The number of carbonyl (C=O) groups excluding carboxylic acids is 1. The van der Waals surface area contributed by atoms with Gasteiger partial charge in [-0.1, -0.05) is 48.0 Å². The summed E-state index contributed by atoms with van der Waals surface area (Å²) < 4.78 is 45.0. The van der Waals surface area contributed by atoms with Crippen LogP contribution in [0.25, 0.3) is 11.0 Å². The van der Waals surface area contributed by atoms with E-state index in [-0.39, 0.29) is 19.5 Å². The molecule has 29 heavy (non-hydrogen) atoms. The van der Waals surface area contributed by atoms with E-state index in [0.717, 1.165) is 21.4 Å². The third-order valence-electron chi connectivity index (χ3n) is 4.54. The van der Waals surface area contributed by atoms with Crippen LogP contribution >= 0.6 is 11.6 Å². The number of fused-ring (bicyclic) bond motifs is 1. The molecule has 1 amide bonds. The molecule has 0 N–H and O–H groups in total. The molecule has 0 spiro atoms. The molecule has 1 aromatic heterocycles. The maximum absolute atomic E-state index is 13.1. The minimum Gasteiger partial charge on any atom is -0.459 e. The van der Waals surface area contributed by atoms with E-state index in [9.17, 15) is 18.0 Å². The number of alkyl halides is 3. The third kappa shape index (κ3) is 5.01. The lowest BCUT2D eigenvalue weighted by Gasteiger charge is -2.22. The molecule has 1 heterocycles. The Morgan fingerprint density at radius 1 is 1.14 bits per heavy atom. The molecule has 152 valence electrons. The molecule has 7 heteroatoms. The number of para-hydroxylation sites is 1. The molecule has 0 unspecified atom stereocenters. The van der Waals surface area contributed by atoms with Crippen LogP contribution in [0.15, 0.2) is 65.6 Å². The molecule has 0 saturated heterocycles. The maximum Gasteiger partial charge on any atom is 0.471 e. The lowest BCUT2D eigenvalue weighted by Crippen LogP contribution is -2.41. The van der Waals surface area contributed by atoms with Crippen LogP contribution in [0.4, 0.5) is 13.2 Å². The molecule has 0 aliphatic rings. The van der Waals surface area contributed by atoms with Gasteiger partial charge in [-0.15, -0.1) is 6.58 Å². The summed E-state index contributed by atoms with van der Waals surface area (Å²) in [6.07, 6.45) is -2.79. The first-order valence-electron chi connectivity index (χ1n) is 9.00. The molecule has 0 saturated carbocycles. The van der Waals surface area contributed by atoms with E-state index >= 15 is 0 Å². The van der Waals surface area contributed by atoms with Crippen LogP contribution in [0.2, 0.25) is 5.02 Å². The summed E-state index contributed by atoms with van der Waals surface area (Å²) in [6, 6.07) is 14.4. The number of hydrogen-bond donors (Lipinski definition) is 0. The van der Waals surface area contributed by atoms with E-state index < -0.39 is 12.1 Å². The van der Waals surface area contributed by atoms with Gasteiger partial charge in [-0.25, -0.2) is 0 Å². The first-order chi connectivity index (χ1) is 13.8. The van der Waals surface area contributed by atoms with Crippen molar-refractivity contribution in [2.75, 3.05) is 6.54 Å². The Morgan fingerprint density at radius 3 is 2.48 bits per heavy atom. The van der Waals surface area contributed by atoms with Crippen LogP contribution < -0.4 is 0 Å². The fraction of sp³-hybridized carbons (Fsp3) is 0.227. The van der Waals surface area contributed by atoms with Gasteiger partial charge in [0.1, 0.15) is 11.3 Å². The van der Waals surface area contributed by atoms with E-state index in [1.807, 2.05) is 24.3 Å². The van der Waals surface area contributed by atoms with Crippen molar-refractivity contribution >= 4 is 28.5 Å². The molecule has 0 aliphatic carbocycles. The number of carbonyl (C=O) groups is 1. The largest absolute Gasteiger partial charge is 0.471 e. The summed E-state index contributed by atoms with van der Waals surface area (Å²) in [5.74, 6) is -1.56. The van der Waals surface area contributed by atoms with E-state index in [1.54, 1.807) is 24.3 Å². The van der Waals surface area contributed by atoms with Gasteiger partial charge in [0.2, 0.25) is 0 Å². The van der Waals surface area contributed by atoms with Crippen molar-refractivity contribution < 1.29 is 22.4 Å². The zero-order chi connectivity index (χ0) is 21.0. The first kappa shape index (κ1) is 21.0. The molecule has 0 fully saturated rings. The van der Waals surface area contributed by atoms with Gasteiger partial charge in [0.25, 0.3) is 0 Å². The van der Waals surface area contributed by atoms with Gasteiger partial charge in [0.05, 0.1) is 6.54 Å². The Kier molecular flexibility index (Phi) is 6.33. The van der Waals surface area contributed by atoms with Crippen LogP contribution in [-0.4, -0.2) is 23.5 Å². The lowest BCUT2D eigenvalue weighted by molar-refractivity contribution is -0.186. The summed E-state index contributed by atoms with van der Waals surface area (Å²) in [6.45, 7) is 3.15. The van der Waals surface area contributed by atoms with Gasteiger partial charge in [-0.3, -0.25) is 4.79 Å². The highest BCUT2D eigenvalue weighted by Gasteiger charge is 2.42. The second kappa shape index (κ2) is 8.74. The highest BCUT2D eigenvalue weighted by molar-refractivity contribution is 6.30. The van der Waals surface area contributed by atoms with Crippen LogP contribution in [0.3, 0.4) is 0 Å². The summed E-state index contributed by atoms with van der Waals surface area (Å²) in [7, 11) is 0. The summed E-state index contributed by atoms with van der Waals surface area (Å²) in [5.41, 5.74) is 2.25. The number of furan rings is 1. The molecule has 0 atom stereocenters. The second-order valence-corrected chi connectivity index (χ2v) is 7.04. The molecule has 0 radical (unpaired) electrons. The van der Waals surface area contributed by atoms with Crippen molar-refractivity contribution in [3.05, 3.63) is 83.1 Å². The minimum absolute atomic E-state index is 0.0979. The fourth-order valence-corrected chi connectivity index (χ4v) is 3.26. The van der Waals surface area contributed by atoms with E-state index in [4.69, 9.17) is 16.0 Å². The predicted octanol–water partition coefficient (Wildman–Crippen LogP) is 6.14. The number of rotatable bonds is 7. The highest BCUT2D eigenvalue weighted by atomic mass is 35.5. The zero-order valence-corrected chi connectivity index (χ0v) is 16.3. The molecule has 3 rings (SSSR count). The smallest absolute Gasteiger partial charge is 0.459 e. The Bertz CT molecular complexity index is 1010. The van der Waals surface area contributed by atoms with E-state index in [2.05, 4.69) is 6.58 Å². The third-order valence-corrected chi connectivity index (χ3v) is 4.80. The van der Waals surface area contributed by atoms with Crippen LogP contribution in [0, 0.1) is 0 Å². The van der Waals surface area contributed by atoms with Gasteiger partial charge in [0, 0.05) is 28.9 Å². The van der Waals surface area contributed by atoms with Crippen LogP contribution in [-0.2, 0) is 17.8 Å². The molecular weight excluding hydrogens is 403 g/mol. The van der Waals surface area contributed by atoms with E-state index in [0.29, 0.717) is 22.8 Å². The molecule has 3 aromatic rings. The quantitative estimate of drug-likeness (QED) is 0.429. The standard InChI is InChI=1S/C22H19ClF3NO2/c1-2-3-12-27(21(28)22(24,25)26)14-20-18(13-15-8-10-16(23)11-9-15)17-6-4-5-7-19(17)29-20/h2,4-11H,1,3,12-14H2. The monoisotopic (exact) mass is 421 g/mol. The summed E-state index contributed by atoms with van der Waals surface area (Å²) >= 11 is 5.94. The molecule has 3 nitrogen and oxygen atoms in total. The Labute approximate surface area is 171 Å².